The van der Waals surface area contributed by atoms with Crippen LogP contribution in [0.2, 0.25) is 0 Å². The molecule has 1 atom stereocenters. The van der Waals surface area contributed by atoms with Crippen LogP contribution >= 0.6 is 0 Å². The molecule has 0 saturated carbocycles. The molecule has 3 rings (SSSR count). The molecule has 26 heavy (non-hydrogen) atoms. The maximum Gasteiger partial charge on any atom is 0.119 e. The summed E-state index contributed by atoms with van der Waals surface area (Å²) in [7, 11) is 0. The third-order valence-corrected chi connectivity index (χ3v) is 4.63. The largest absolute Gasteiger partial charge is 0.491 e. The van der Waals surface area contributed by atoms with E-state index in [-0.39, 0.29) is 6.61 Å². The average Bonchev–Trinajstić information content (AvgIpc) is 2.67. The lowest BCUT2D eigenvalue weighted by molar-refractivity contribution is 0.0663. The van der Waals surface area contributed by atoms with Crippen molar-refractivity contribution >= 4 is 5.69 Å². The Morgan fingerprint density at radius 3 is 2.50 bits per heavy atom. The molecule has 1 aliphatic heterocycles. The number of β-amino-alcohol motifs (C(OH)–C–C–N with tert-alkyl or cyclic N) is 1. The molecule has 136 valence electrons. The Morgan fingerprint density at radius 1 is 1.12 bits per heavy atom. The van der Waals surface area contributed by atoms with Crippen LogP contribution in [0.3, 0.4) is 0 Å². The fraction of sp³-hybridized carbons (Fsp3) is 0.381. The number of hydrogen-bond donors (Lipinski definition) is 1. The van der Waals surface area contributed by atoms with Crippen LogP contribution in [0.1, 0.15) is 11.1 Å². The van der Waals surface area contributed by atoms with Crippen LogP contribution < -0.4 is 9.64 Å². The van der Waals surface area contributed by atoms with Gasteiger partial charge in [0.15, 0.2) is 0 Å². The number of ether oxygens (including phenoxy) is 1. The first-order valence-corrected chi connectivity index (χ1v) is 8.99. The third kappa shape index (κ3) is 4.98. The fourth-order valence-corrected chi connectivity index (χ4v) is 3.18. The van der Waals surface area contributed by atoms with Crippen molar-refractivity contribution in [3.8, 4) is 11.8 Å². The summed E-state index contributed by atoms with van der Waals surface area (Å²) in [6.07, 6.45) is -0.531. The van der Waals surface area contributed by atoms with Gasteiger partial charge < -0.3 is 14.7 Å². The van der Waals surface area contributed by atoms with Crippen molar-refractivity contribution in [2.45, 2.75) is 13.0 Å². The van der Waals surface area contributed by atoms with Gasteiger partial charge in [-0.05, 0) is 48.9 Å². The second kappa shape index (κ2) is 8.70. The first-order valence-electron chi connectivity index (χ1n) is 8.99. The van der Waals surface area contributed by atoms with Crippen molar-refractivity contribution in [3.05, 3.63) is 59.7 Å². The predicted octanol–water partition coefficient (Wildman–Crippen LogP) is 2.43. The molecule has 0 aliphatic carbocycles. The standard InChI is InChI=1S/C21H25N3O2/c1-17-3-2-4-19(13-17)24-11-9-23(10-12-24)15-20(25)16-26-21-7-5-18(14-22)6-8-21/h2-8,13,20,25H,9-12,15-16H2,1H3. The first kappa shape index (κ1) is 18.2. The molecular formula is C21H25N3O2. The molecule has 5 nitrogen and oxygen atoms in total. The zero-order valence-corrected chi connectivity index (χ0v) is 15.1. The lowest BCUT2D eigenvalue weighted by atomic mass is 10.2. The number of aliphatic hydroxyl groups excluding tert-OH is 1. The van der Waals surface area contributed by atoms with E-state index >= 15 is 0 Å². The van der Waals surface area contributed by atoms with Gasteiger partial charge in [0, 0.05) is 38.4 Å². The molecule has 1 aliphatic rings. The minimum Gasteiger partial charge on any atom is -0.491 e. The summed E-state index contributed by atoms with van der Waals surface area (Å²) < 4.78 is 5.62. The van der Waals surface area contributed by atoms with E-state index in [4.69, 9.17) is 10.00 Å². The highest BCUT2D eigenvalue weighted by Crippen LogP contribution is 2.18. The number of anilines is 1. The van der Waals surface area contributed by atoms with Crippen molar-refractivity contribution in [2.75, 3.05) is 44.2 Å². The Kier molecular flexibility index (Phi) is 6.11. The summed E-state index contributed by atoms with van der Waals surface area (Å²) in [5, 5.41) is 19.0. The van der Waals surface area contributed by atoms with Crippen LogP contribution in [-0.4, -0.2) is 55.4 Å². The molecule has 5 heteroatoms. The maximum atomic E-state index is 10.3. The van der Waals surface area contributed by atoms with E-state index in [2.05, 4.69) is 47.1 Å². The molecule has 0 amide bonds. The first-order chi connectivity index (χ1) is 12.6. The van der Waals surface area contributed by atoms with E-state index in [9.17, 15) is 5.11 Å². The number of aliphatic hydroxyl groups is 1. The molecule has 0 radical (unpaired) electrons. The Labute approximate surface area is 155 Å². The van der Waals surface area contributed by atoms with Crippen molar-refractivity contribution in [1.29, 1.82) is 5.26 Å². The minimum atomic E-state index is -0.531. The molecule has 1 fully saturated rings. The maximum absolute atomic E-state index is 10.3. The average molecular weight is 351 g/mol. The Balaban J connectivity index is 1.41. The van der Waals surface area contributed by atoms with E-state index < -0.39 is 6.10 Å². The van der Waals surface area contributed by atoms with Gasteiger partial charge in [-0.1, -0.05) is 12.1 Å². The summed E-state index contributed by atoms with van der Waals surface area (Å²) in [6, 6.07) is 17.6. The molecule has 0 spiro atoms. The van der Waals surface area contributed by atoms with Gasteiger partial charge in [0.05, 0.1) is 11.6 Å². The van der Waals surface area contributed by atoms with Crippen molar-refractivity contribution in [3.63, 3.8) is 0 Å². The topological polar surface area (TPSA) is 59.7 Å². The van der Waals surface area contributed by atoms with Crippen LogP contribution in [0.15, 0.2) is 48.5 Å². The van der Waals surface area contributed by atoms with Gasteiger partial charge >= 0.3 is 0 Å². The second-order valence-electron chi connectivity index (χ2n) is 6.73. The fourth-order valence-electron chi connectivity index (χ4n) is 3.18. The monoisotopic (exact) mass is 351 g/mol. The van der Waals surface area contributed by atoms with Crippen LogP contribution in [0.4, 0.5) is 5.69 Å². The van der Waals surface area contributed by atoms with Crippen molar-refractivity contribution in [2.24, 2.45) is 0 Å². The molecular weight excluding hydrogens is 326 g/mol. The van der Waals surface area contributed by atoms with Crippen molar-refractivity contribution in [1.82, 2.24) is 4.90 Å². The molecule has 0 aromatic heterocycles. The van der Waals surface area contributed by atoms with Gasteiger partial charge in [0.2, 0.25) is 0 Å². The number of nitrogens with zero attached hydrogens (tertiary/aromatic N) is 3. The predicted molar refractivity (Wildman–Crippen MR) is 102 cm³/mol. The Morgan fingerprint density at radius 2 is 1.85 bits per heavy atom. The van der Waals surface area contributed by atoms with Crippen molar-refractivity contribution < 1.29 is 9.84 Å². The second-order valence-corrected chi connectivity index (χ2v) is 6.73. The number of piperazine rings is 1. The normalized spacial score (nSPS) is 16.1. The smallest absolute Gasteiger partial charge is 0.119 e. The highest BCUT2D eigenvalue weighted by Gasteiger charge is 2.19. The lowest BCUT2D eigenvalue weighted by Crippen LogP contribution is -2.49. The number of hydrogen-bond acceptors (Lipinski definition) is 5. The highest BCUT2D eigenvalue weighted by molar-refractivity contribution is 5.48. The molecule has 1 saturated heterocycles. The molecule has 2 aromatic carbocycles. The molecule has 1 heterocycles. The quantitative estimate of drug-likeness (QED) is 0.866. The van der Waals surface area contributed by atoms with Gasteiger partial charge in [0.25, 0.3) is 0 Å². The third-order valence-electron chi connectivity index (χ3n) is 4.63. The van der Waals surface area contributed by atoms with Gasteiger partial charge in [-0.25, -0.2) is 0 Å². The summed E-state index contributed by atoms with van der Waals surface area (Å²) in [5.41, 5.74) is 3.15. The minimum absolute atomic E-state index is 0.254. The van der Waals surface area contributed by atoms with Gasteiger partial charge in [-0.3, -0.25) is 4.90 Å². The molecule has 2 aromatic rings. The summed E-state index contributed by atoms with van der Waals surface area (Å²) >= 11 is 0. The van der Waals surface area contributed by atoms with Crippen LogP contribution in [0.5, 0.6) is 5.75 Å². The van der Waals surface area contributed by atoms with Gasteiger partial charge in [-0.15, -0.1) is 0 Å². The Hall–Kier alpha value is -2.55. The number of benzene rings is 2. The number of aryl methyl sites for hydroxylation is 1. The van der Waals surface area contributed by atoms with Crippen LogP contribution in [0, 0.1) is 18.3 Å². The van der Waals surface area contributed by atoms with Crippen LogP contribution in [-0.2, 0) is 0 Å². The number of rotatable bonds is 6. The molecule has 1 N–H and O–H groups in total. The highest BCUT2D eigenvalue weighted by atomic mass is 16.5. The van der Waals surface area contributed by atoms with Crippen LogP contribution in [0.25, 0.3) is 0 Å². The van der Waals surface area contributed by atoms with E-state index in [0.29, 0.717) is 17.9 Å². The molecule has 0 bridgehead atoms. The number of nitriles is 1. The van der Waals surface area contributed by atoms with E-state index in [1.807, 2.05) is 0 Å². The van der Waals surface area contributed by atoms with Gasteiger partial charge in [0.1, 0.15) is 18.5 Å². The summed E-state index contributed by atoms with van der Waals surface area (Å²) in [5.74, 6) is 0.673. The zero-order chi connectivity index (χ0) is 18.4. The van der Waals surface area contributed by atoms with E-state index in [1.165, 1.54) is 11.3 Å². The van der Waals surface area contributed by atoms with E-state index in [0.717, 1.165) is 26.2 Å². The van der Waals surface area contributed by atoms with E-state index in [1.54, 1.807) is 24.3 Å². The Bertz CT molecular complexity index is 747. The van der Waals surface area contributed by atoms with Gasteiger partial charge in [-0.2, -0.15) is 5.26 Å². The SMILES string of the molecule is Cc1cccc(N2CCN(CC(O)COc3ccc(C#N)cc3)CC2)c1. The lowest BCUT2D eigenvalue weighted by Gasteiger charge is -2.37. The summed E-state index contributed by atoms with van der Waals surface area (Å²) in [4.78, 5) is 4.67. The zero-order valence-electron chi connectivity index (χ0n) is 15.1. The summed E-state index contributed by atoms with van der Waals surface area (Å²) in [6.45, 7) is 6.77. The molecule has 1 unspecified atom stereocenters.